The van der Waals surface area contributed by atoms with Gasteiger partial charge in [-0.1, -0.05) is 24.3 Å². The number of carboxylic acid groups (broad SMARTS) is 1. The summed E-state index contributed by atoms with van der Waals surface area (Å²) in [5.74, 6) is -1.25. The number of nitrogens with zero attached hydrogens (tertiary/aromatic N) is 1. The second-order valence-electron chi connectivity index (χ2n) is 7.81. The van der Waals surface area contributed by atoms with E-state index in [0.717, 1.165) is 55.9 Å². The Hall–Kier alpha value is -2.92. The van der Waals surface area contributed by atoms with Crippen molar-refractivity contribution in [2.75, 3.05) is 31.2 Å². The van der Waals surface area contributed by atoms with E-state index in [1.54, 1.807) is 6.07 Å². The Balaban J connectivity index is 1.56. The van der Waals surface area contributed by atoms with Crippen molar-refractivity contribution in [2.45, 2.75) is 26.2 Å². The highest BCUT2D eigenvalue weighted by Gasteiger charge is 2.25. The maximum atomic E-state index is 13.8. The Kier molecular flexibility index (Phi) is 6.00. The fourth-order valence-electron chi connectivity index (χ4n) is 4.28. The lowest BCUT2D eigenvalue weighted by molar-refractivity contribution is -0.135. The molecule has 2 aliphatic rings. The van der Waals surface area contributed by atoms with Gasteiger partial charge in [0.05, 0.1) is 13.0 Å². The molecule has 1 N–H and O–H groups in total. The molecule has 4 nitrogen and oxygen atoms in total. The van der Waals surface area contributed by atoms with Crippen molar-refractivity contribution in [3.05, 3.63) is 76.6 Å². The van der Waals surface area contributed by atoms with E-state index in [1.807, 2.05) is 6.92 Å². The smallest absolute Gasteiger partial charge is 0.307 e. The lowest BCUT2D eigenvalue weighted by Gasteiger charge is -2.22. The van der Waals surface area contributed by atoms with Crippen LogP contribution in [0.5, 0.6) is 0 Å². The van der Waals surface area contributed by atoms with E-state index in [9.17, 15) is 14.3 Å². The Morgan fingerprint density at radius 1 is 1.13 bits per heavy atom. The Labute approximate surface area is 176 Å². The summed E-state index contributed by atoms with van der Waals surface area (Å²) < 4.78 is 19.3. The lowest BCUT2D eigenvalue weighted by Crippen LogP contribution is -2.25. The number of ether oxygens (including phenoxy) is 1. The van der Waals surface area contributed by atoms with Gasteiger partial charge in [-0.2, -0.15) is 0 Å². The zero-order valence-corrected chi connectivity index (χ0v) is 17.2. The van der Waals surface area contributed by atoms with Crippen molar-refractivity contribution >= 4 is 22.8 Å². The number of rotatable bonds is 5. The van der Waals surface area contributed by atoms with Gasteiger partial charge in [-0.05, 0) is 77.4 Å². The molecule has 30 heavy (non-hydrogen) atoms. The molecule has 1 heterocycles. The third-order valence-electron chi connectivity index (χ3n) is 5.85. The van der Waals surface area contributed by atoms with E-state index in [2.05, 4.69) is 35.2 Å². The number of hydrogen-bond acceptors (Lipinski definition) is 3. The Morgan fingerprint density at radius 3 is 2.70 bits per heavy atom. The van der Waals surface area contributed by atoms with E-state index in [1.165, 1.54) is 23.4 Å². The van der Waals surface area contributed by atoms with E-state index in [4.69, 9.17) is 4.74 Å². The maximum absolute atomic E-state index is 13.8. The van der Waals surface area contributed by atoms with Gasteiger partial charge in [0.2, 0.25) is 0 Å². The summed E-state index contributed by atoms with van der Waals surface area (Å²) in [6.07, 6.45) is 3.79. The standard InChI is InChI=1S/C25H26FNO3/c1-17-21(22-10-6-19(26)15-24(22)23(17)16-25(28)29)9-5-18-3-7-20(8-4-18)27-11-2-13-30-14-12-27/h3-4,6-10,15H,2,5,11-14,16H2,1H3,(H,28,29)/b21-9-. The molecule has 0 aromatic heterocycles. The molecule has 1 aliphatic heterocycles. The average Bonchev–Trinajstić information content (AvgIpc) is 2.91. The van der Waals surface area contributed by atoms with Gasteiger partial charge < -0.3 is 14.7 Å². The van der Waals surface area contributed by atoms with Crippen molar-refractivity contribution in [1.82, 2.24) is 0 Å². The summed E-state index contributed by atoms with van der Waals surface area (Å²) in [6.45, 7) is 5.43. The van der Waals surface area contributed by atoms with Crippen LogP contribution in [-0.4, -0.2) is 37.4 Å². The summed E-state index contributed by atoms with van der Waals surface area (Å²) >= 11 is 0. The number of allylic oxidation sites excluding steroid dienone is 3. The van der Waals surface area contributed by atoms with Gasteiger partial charge in [-0.25, -0.2) is 4.39 Å². The highest BCUT2D eigenvalue weighted by Crippen LogP contribution is 2.43. The summed E-state index contributed by atoms with van der Waals surface area (Å²) in [5, 5.41) is 9.27. The van der Waals surface area contributed by atoms with Crippen molar-refractivity contribution in [1.29, 1.82) is 0 Å². The number of carbonyl (C=O) groups is 1. The summed E-state index contributed by atoms with van der Waals surface area (Å²) in [5.41, 5.74) is 6.60. The molecule has 0 spiro atoms. The molecule has 2 aromatic carbocycles. The monoisotopic (exact) mass is 407 g/mol. The summed E-state index contributed by atoms with van der Waals surface area (Å²) in [4.78, 5) is 13.7. The number of aliphatic carboxylic acids is 1. The van der Waals surface area contributed by atoms with Gasteiger partial charge in [0.15, 0.2) is 0 Å². The van der Waals surface area contributed by atoms with E-state index in [0.29, 0.717) is 11.1 Å². The Morgan fingerprint density at radius 2 is 1.93 bits per heavy atom. The highest BCUT2D eigenvalue weighted by atomic mass is 19.1. The summed E-state index contributed by atoms with van der Waals surface area (Å²) in [6, 6.07) is 13.2. The minimum absolute atomic E-state index is 0.103. The maximum Gasteiger partial charge on any atom is 0.307 e. The molecule has 0 unspecified atom stereocenters. The predicted molar refractivity (Wildman–Crippen MR) is 117 cm³/mol. The molecule has 1 saturated heterocycles. The van der Waals surface area contributed by atoms with E-state index in [-0.39, 0.29) is 12.2 Å². The number of halogens is 1. The molecule has 5 heteroatoms. The first-order chi connectivity index (χ1) is 14.5. The molecule has 4 rings (SSSR count). The second kappa shape index (κ2) is 8.84. The zero-order valence-electron chi connectivity index (χ0n) is 17.2. The van der Waals surface area contributed by atoms with Crippen LogP contribution in [0, 0.1) is 5.82 Å². The first-order valence-electron chi connectivity index (χ1n) is 10.4. The summed E-state index contributed by atoms with van der Waals surface area (Å²) in [7, 11) is 0. The highest BCUT2D eigenvalue weighted by molar-refractivity contribution is 6.03. The van der Waals surface area contributed by atoms with Crippen LogP contribution < -0.4 is 4.90 Å². The third kappa shape index (κ3) is 4.31. The van der Waals surface area contributed by atoms with Gasteiger partial charge in [-0.3, -0.25) is 4.79 Å². The van der Waals surface area contributed by atoms with Crippen LogP contribution in [0.1, 0.15) is 36.5 Å². The quantitative estimate of drug-likeness (QED) is 0.763. The molecule has 1 fully saturated rings. The number of fused-ring (bicyclic) bond motifs is 1. The van der Waals surface area contributed by atoms with Gasteiger partial charge in [0.25, 0.3) is 0 Å². The predicted octanol–water partition coefficient (Wildman–Crippen LogP) is 4.94. The number of benzene rings is 2. The van der Waals surface area contributed by atoms with E-state index >= 15 is 0 Å². The van der Waals surface area contributed by atoms with Crippen LogP contribution in [-0.2, 0) is 16.0 Å². The molecule has 0 saturated carbocycles. The molecule has 0 atom stereocenters. The third-order valence-corrected chi connectivity index (χ3v) is 5.85. The fourth-order valence-corrected chi connectivity index (χ4v) is 4.28. The van der Waals surface area contributed by atoms with Crippen LogP contribution >= 0.6 is 0 Å². The molecular formula is C25H26FNO3. The lowest BCUT2D eigenvalue weighted by atomic mass is 10.0. The van der Waals surface area contributed by atoms with Crippen LogP contribution in [0.25, 0.3) is 11.1 Å². The molecule has 156 valence electrons. The van der Waals surface area contributed by atoms with E-state index < -0.39 is 5.97 Å². The largest absolute Gasteiger partial charge is 0.481 e. The molecule has 0 amide bonds. The number of anilines is 1. The number of carboxylic acids is 1. The SMILES string of the molecule is CC1=C(CC(=O)O)c2cc(F)ccc2/C1=C\Cc1ccc(N2CCCOCC2)cc1. The van der Waals surface area contributed by atoms with Gasteiger partial charge in [0, 0.05) is 25.4 Å². The van der Waals surface area contributed by atoms with Crippen LogP contribution in [0.4, 0.5) is 10.1 Å². The van der Waals surface area contributed by atoms with Crippen molar-refractivity contribution in [3.8, 4) is 0 Å². The van der Waals surface area contributed by atoms with Crippen molar-refractivity contribution in [2.24, 2.45) is 0 Å². The van der Waals surface area contributed by atoms with Crippen LogP contribution in [0.3, 0.4) is 0 Å². The van der Waals surface area contributed by atoms with Gasteiger partial charge in [-0.15, -0.1) is 0 Å². The van der Waals surface area contributed by atoms with Gasteiger partial charge in [0.1, 0.15) is 5.82 Å². The Bertz CT molecular complexity index is 1000. The average molecular weight is 407 g/mol. The van der Waals surface area contributed by atoms with Crippen molar-refractivity contribution in [3.63, 3.8) is 0 Å². The molecule has 0 radical (unpaired) electrons. The van der Waals surface area contributed by atoms with Crippen molar-refractivity contribution < 1.29 is 19.0 Å². The number of hydrogen-bond donors (Lipinski definition) is 1. The first kappa shape index (κ1) is 20.4. The van der Waals surface area contributed by atoms with Gasteiger partial charge >= 0.3 is 5.97 Å². The molecule has 2 aromatic rings. The second-order valence-corrected chi connectivity index (χ2v) is 7.81. The normalized spacial score (nSPS) is 17.9. The molecule has 1 aliphatic carbocycles. The molecular weight excluding hydrogens is 381 g/mol. The van der Waals surface area contributed by atoms with Crippen LogP contribution in [0.15, 0.2) is 54.1 Å². The topological polar surface area (TPSA) is 49.8 Å². The minimum atomic E-state index is -0.907. The molecule has 0 bridgehead atoms. The fraction of sp³-hybridized carbons (Fsp3) is 0.320. The zero-order chi connectivity index (χ0) is 21.1. The minimum Gasteiger partial charge on any atom is -0.481 e. The van der Waals surface area contributed by atoms with Crippen LogP contribution in [0.2, 0.25) is 0 Å². The first-order valence-corrected chi connectivity index (χ1v) is 10.4.